The summed E-state index contributed by atoms with van der Waals surface area (Å²) in [5.41, 5.74) is 0.112. The van der Waals surface area contributed by atoms with Gasteiger partial charge in [0, 0.05) is 43.1 Å². The maximum atomic E-state index is 12.4. The number of likely N-dealkylation sites (N-methyl/N-ethyl adjacent to an activating group) is 1. The van der Waals surface area contributed by atoms with Crippen LogP contribution in [-0.4, -0.2) is 57.5 Å². The van der Waals surface area contributed by atoms with Gasteiger partial charge in [0.25, 0.3) is 0 Å². The molecule has 5 heteroatoms. The van der Waals surface area contributed by atoms with Crippen molar-refractivity contribution in [3.05, 3.63) is 30.1 Å². The van der Waals surface area contributed by atoms with Gasteiger partial charge < -0.3 is 10.0 Å². The van der Waals surface area contributed by atoms with Crippen molar-refractivity contribution >= 4 is 5.91 Å². The molecule has 1 amide bonds. The van der Waals surface area contributed by atoms with Crippen LogP contribution in [0.1, 0.15) is 45.1 Å². The average molecular weight is 317 g/mol. The van der Waals surface area contributed by atoms with Gasteiger partial charge in [0.15, 0.2) is 0 Å². The normalized spacial score (nSPS) is 30.4. The number of amides is 1. The first-order valence-corrected chi connectivity index (χ1v) is 8.73. The third-order valence-corrected chi connectivity index (χ3v) is 5.55. The lowest BCUT2D eigenvalue weighted by atomic mass is 9.81. The van der Waals surface area contributed by atoms with Crippen LogP contribution in [0.4, 0.5) is 0 Å². The monoisotopic (exact) mass is 317 g/mol. The van der Waals surface area contributed by atoms with Crippen LogP contribution in [-0.2, 0) is 10.4 Å². The molecule has 0 radical (unpaired) electrons. The van der Waals surface area contributed by atoms with E-state index in [2.05, 4.69) is 9.88 Å². The molecule has 2 bridgehead atoms. The van der Waals surface area contributed by atoms with E-state index in [4.69, 9.17) is 0 Å². The van der Waals surface area contributed by atoms with Crippen LogP contribution in [0.15, 0.2) is 24.5 Å². The number of pyridine rings is 1. The highest BCUT2D eigenvalue weighted by molar-refractivity contribution is 5.78. The van der Waals surface area contributed by atoms with Gasteiger partial charge in [-0.3, -0.25) is 14.7 Å². The second-order valence-electron chi connectivity index (χ2n) is 6.80. The molecule has 126 valence electrons. The zero-order valence-corrected chi connectivity index (χ0v) is 14.1. The molecule has 23 heavy (non-hydrogen) atoms. The van der Waals surface area contributed by atoms with Crippen molar-refractivity contribution in [2.45, 2.75) is 57.2 Å². The fourth-order valence-electron chi connectivity index (χ4n) is 4.28. The van der Waals surface area contributed by atoms with Crippen molar-refractivity contribution in [3.8, 4) is 0 Å². The third kappa shape index (κ3) is 3.12. The molecule has 0 aromatic carbocycles. The van der Waals surface area contributed by atoms with Crippen LogP contribution < -0.4 is 0 Å². The first-order valence-electron chi connectivity index (χ1n) is 8.73. The standard InChI is InChI=1S/C18H27N3O2/c1-3-20(4-2)17(22)13-21-15-7-8-16(21)11-18(23,10-15)14-6-5-9-19-12-14/h5-6,9,12,15-16,23H,3-4,7-8,10-11,13H2,1-2H3. The number of hydrogen-bond acceptors (Lipinski definition) is 4. The SMILES string of the molecule is CCN(CC)C(=O)CN1C2CCC1CC(O)(c1cccnc1)C2. The summed E-state index contributed by atoms with van der Waals surface area (Å²) in [4.78, 5) is 20.8. The van der Waals surface area contributed by atoms with Crippen molar-refractivity contribution in [2.75, 3.05) is 19.6 Å². The van der Waals surface area contributed by atoms with Crippen molar-refractivity contribution in [1.29, 1.82) is 0 Å². The number of piperidine rings is 1. The minimum atomic E-state index is -0.797. The number of hydrogen-bond donors (Lipinski definition) is 1. The van der Waals surface area contributed by atoms with Crippen LogP contribution in [0, 0.1) is 0 Å². The minimum absolute atomic E-state index is 0.207. The zero-order chi connectivity index (χ0) is 16.4. The first kappa shape index (κ1) is 16.4. The topological polar surface area (TPSA) is 56.7 Å². The second-order valence-corrected chi connectivity index (χ2v) is 6.80. The van der Waals surface area contributed by atoms with Gasteiger partial charge in [0.2, 0.25) is 5.91 Å². The number of rotatable bonds is 5. The van der Waals surface area contributed by atoms with Crippen molar-refractivity contribution in [2.24, 2.45) is 0 Å². The fraction of sp³-hybridized carbons (Fsp3) is 0.667. The van der Waals surface area contributed by atoms with Crippen LogP contribution in [0.5, 0.6) is 0 Å². The molecule has 2 fully saturated rings. The Hall–Kier alpha value is -1.46. The van der Waals surface area contributed by atoms with Gasteiger partial charge in [-0.25, -0.2) is 0 Å². The van der Waals surface area contributed by atoms with E-state index in [1.165, 1.54) is 0 Å². The van der Waals surface area contributed by atoms with Crippen LogP contribution in [0.2, 0.25) is 0 Å². The van der Waals surface area contributed by atoms with Crippen LogP contribution in [0.3, 0.4) is 0 Å². The predicted molar refractivity (Wildman–Crippen MR) is 88.8 cm³/mol. The molecular weight excluding hydrogens is 290 g/mol. The number of carbonyl (C=O) groups is 1. The van der Waals surface area contributed by atoms with Crippen molar-refractivity contribution in [3.63, 3.8) is 0 Å². The smallest absolute Gasteiger partial charge is 0.236 e. The molecule has 3 rings (SSSR count). The summed E-state index contributed by atoms with van der Waals surface area (Å²) in [5, 5.41) is 11.1. The molecule has 1 N–H and O–H groups in total. The Morgan fingerprint density at radius 2 is 2.00 bits per heavy atom. The Labute approximate surface area is 138 Å². The highest BCUT2D eigenvalue weighted by atomic mass is 16.3. The largest absolute Gasteiger partial charge is 0.385 e. The van der Waals surface area contributed by atoms with E-state index in [0.717, 1.165) is 31.5 Å². The Kier molecular flexibility index (Phi) is 4.69. The summed E-state index contributed by atoms with van der Waals surface area (Å²) in [6.07, 6.45) is 7.04. The number of nitrogens with zero attached hydrogens (tertiary/aromatic N) is 3. The van der Waals surface area contributed by atoms with E-state index in [9.17, 15) is 9.90 Å². The van der Waals surface area contributed by atoms with E-state index in [1.807, 2.05) is 30.9 Å². The summed E-state index contributed by atoms with van der Waals surface area (Å²) >= 11 is 0. The molecule has 2 atom stereocenters. The summed E-state index contributed by atoms with van der Waals surface area (Å²) in [7, 11) is 0. The van der Waals surface area contributed by atoms with Crippen molar-refractivity contribution in [1.82, 2.24) is 14.8 Å². The summed E-state index contributed by atoms with van der Waals surface area (Å²) < 4.78 is 0. The molecule has 0 spiro atoms. The van der Waals surface area contributed by atoms with Crippen LogP contribution >= 0.6 is 0 Å². The maximum Gasteiger partial charge on any atom is 0.236 e. The van der Waals surface area contributed by atoms with Gasteiger partial charge in [-0.15, -0.1) is 0 Å². The predicted octanol–water partition coefficient (Wildman–Crippen LogP) is 1.76. The number of aromatic nitrogens is 1. The van der Waals surface area contributed by atoms with Crippen LogP contribution in [0.25, 0.3) is 0 Å². The quantitative estimate of drug-likeness (QED) is 0.899. The lowest BCUT2D eigenvalue weighted by molar-refractivity contribution is -0.135. The first-order chi connectivity index (χ1) is 11.1. The molecule has 3 heterocycles. The van der Waals surface area contributed by atoms with E-state index >= 15 is 0 Å². The van der Waals surface area contributed by atoms with Gasteiger partial charge in [-0.05, 0) is 45.6 Å². The van der Waals surface area contributed by atoms with E-state index in [1.54, 1.807) is 12.4 Å². The van der Waals surface area contributed by atoms with Gasteiger partial charge in [-0.1, -0.05) is 6.07 Å². The van der Waals surface area contributed by atoms with Gasteiger partial charge in [0.1, 0.15) is 0 Å². The molecule has 2 unspecified atom stereocenters. The highest BCUT2D eigenvalue weighted by Crippen LogP contribution is 2.45. The number of fused-ring (bicyclic) bond motifs is 2. The summed E-state index contributed by atoms with van der Waals surface area (Å²) in [5.74, 6) is 0.207. The van der Waals surface area contributed by atoms with Gasteiger partial charge in [-0.2, -0.15) is 0 Å². The lowest BCUT2D eigenvalue weighted by Gasteiger charge is -2.44. The van der Waals surface area contributed by atoms with Crippen molar-refractivity contribution < 1.29 is 9.90 Å². The van der Waals surface area contributed by atoms with E-state index in [0.29, 0.717) is 31.5 Å². The molecule has 2 aliphatic heterocycles. The maximum absolute atomic E-state index is 12.4. The number of carbonyl (C=O) groups excluding carboxylic acids is 1. The second kappa shape index (κ2) is 6.57. The molecule has 0 saturated carbocycles. The fourth-order valence-corrected chi connectivity index (χ4v) is 4.28. The molecule has 1 aromatic rings. The minimum Gasteiger partial charge on any atom is -0.385 e. The van der Waals surface area contributed by atoms with Gasteiger partial charge in [0.05, 0.1) is 12.1 Å². The van der Waals surface area contributed by atoms with E-state index < -0.39 is 5.60 Å². The van der Waals surface area contributed by atoms with E-state index in [-0.39, 0.29) is 5.91 Å². The zero-order valence-electron chi connectivity index (χ0n) is 14.1. The highest BCUT2D eigenvalue weighted by Gasteiger charge is 2.48. The molecule has 5 nitrogen and oxygen atoms in total. The molecular formula is C18H27N3O2. The summed E-state index contributed by atoms with van der Waals surface area (Å²) in [6.45, 7) is 6.05. The lowest BCUT2D eigenvalue weighted by Crippen LogP contribution is -2.53. The van der Waals surface area contributed by atoms with Gasteiger partial charge >= 0.3 is 0 Å². The Bertz CT molecular complexity index is 530. The Morgan fingerprint density at radius 3 is 2.52 bits per heavy atom. The average Bonchev–Trinajstić information content (AvgIpc) is 2.81. The molecule has 1 aromatic heterocycles. The Balaban J connectivity index is 1.71. The molecule has 2 aliphatic rings. The Morgan fingerprint density at radius 1 is 1.35 bits per heavy atom. The number of aliphatic hydroxyl groups is 1. The third-order valence-electron chi connectivity index (χ3n) is 5.55. The molecule has 2 saturated heterocycles. The molecule has 0 aliphatic carbocycles. The summed E-state index contributed by atoms with van der Waals surface area (Å²) in [6, 6.07) is 4.42.